The number of aryl methyl sites for hydroxylation is 1. The van der Waals surface area contributed by atoms with Crippen molar-refractivity contribution in [2.75, 3.05) is 0 Å². The number of aromatic hydroxyl groups is 2. The van der Waals surface area contributed by atoms with Crippen molar-refractivity contribution in [2.24, 2.45) is 0 Å². The maximum absolute atomic E-state index is 13.3. The van der Waals surface area contributed by atoms with Crippen molar-refractivity contribution in [3.63, 3.8) is 0 Å². The van der Waals surface area contributed by atoms with Crippen LogP contribution in [0, 0.1) is 12.7 Å². The van der Waals surface area contributed by atoms with Gasteiger partial charge in [0.1, 0.15) is 17.9 Å². The summed E-state index contributed by atoms with van der Waals surface area (Å²) in [5.41, 5.74) is 0.656. The lowest BCUT2D eigenvalue weighted by Gasteiger charge is -2.02. The summed E-state index contributed by atoms with van der Waals surface area (Å²) < 4.78 is 18.9. The molecule has 2 N–H and O–H groups in total. The second-order valence-corrected chi connectivity index (χ2v) is 4.44. The molecule has 0 aliphatic rings. The first-order valence-electron chi connectivity index (χ1n) is 4.94. The van der Waals surface area contributed by atoms with Gasteiger partial charge < -0.3 is 4.74 Å². The third-order valence-corrected chi connectivity index (χ3v) is 2.91. The van der Waals surface area contributed by atoms with Gasteiger partial charge in [0.25, 0.3) is 11.5 Å². The number of benzene rings is 1. The lowest BCUT2D eigenvalue weighted by atomic mass is 10.3. The molecule has 2 rings (SSSR count). The van der Waals surface area contributed by atoms with Crippen LogP contribution in [-0.4, -0.2) is 9.94 Å². The van der Waals surface area contributed by atoms with Gasteiger partial charge in [-0.25, -0.2) is 4.39 Å². The Bertz CT molecular complexity index is 511. The average molecular weight is 300 g/mol. The molecule has 0 radical (unpaired) electrons. The van der Waals surface area contributed by atoms with E-state index in [1.54, 1.807) is 31.2 Å². The van der Waals surface area contributed by atoms with Gasteiger partial charge in [-0.3, -0.25) is 5.21 Å². The zero-order valence-corrected chi connectivity index (χ0v) is 10.6. The molecule has 0 atom stereocenters. The Balaban J connectivity index is 2.25. The smallest absolute Gasteiger partial charge is 0.273 e. The van der Waals surface area contributed by atoms with Gasteiger partial charge in [0, 0.05) is 17.7 Å². The molecule has 0 spiro atoms. The highest BCUT2D eigenvalue weighted by atomic mass is 79.9. The van der Waals surface area contributed by atoms with Gasteiger partial charge in [0.05, 0.1) is 10.5 Å². The number of hydrogen-bond donors (Lipinski definition) is 1. The minimum atomic E-state index is -0.351. The van der Waals surface area contributed by atoms with Gasteiger partial charge in [0.15, 0.2) is 0 Å². The van der Waals surface area contributed by atoms with Gasteiger partial charge in [-0.2, -0.15) is 0 Å². The summed E-state index contributed by atoms with van der Waals surface area (Å²) in [5.74, 6) is 0.839. The van der Waals surface area contributed by atoms with Crippen molar-refractivity contribution < 1.29 is 19.1 Å². The zero-order valence-electron chi connectivity index (χ0n) is 9.06. The summed E-state index contributed by atoms with van der Waals surface area (Å²) in [6.07, 6.45) is 1.49. The summed E-state index contributed by atoms with van der Waals surface area (Å²) in [6.45, 7) is 1.75. The summed E-state index contributed by atoms with van der Waals surface area (Å²) in [4.78, 5) is 0. The van der Waals surface area contributed by atoms with Crippen molar-refractivity contribution >= 4 is 15.9 Å². The second-order valence-electron chi connectivity index (χ2n) is 3.58. The Labute approximate surface area is 106 Å². The molecule has 0 aliphatic carbocycles. The maximum Gasteiger partial charge on any atom is 0.273 e. The lowest BCUT2D eigenvalue weighted by Crippen LogP contribution is -2.32. The lowest BCUT2D eigenvalue weighted by molar-refractivity contribution is -0.908. The Morgan fingerprint density at radius 2 is 1.94 bits per heavy atom. The third-order valence-electron chi connectivity index (χ3n) is 2.27. The van der Waals surface area contributed by atoms with E-state index in [2.05, 4.69) is 20.7 Å². The molecular formula is C12H11BrFNO2+2. The van der Waals surface area contributed by atoms with Crippen molar-refractivity contribution in [1.82, 2.24) is 0 Å². The van der Waals surface area contributed by atoms with E-state index >= 15 is 0 Å². The molecule has 88 valence electrons. The molecule has 0 unspecified atom stereocenters. The molecule has 0 amide bonds. The first-order chi connectivity index (χ1) is 8.06. The first-order valence-corrected chi connectivity index (χ1v) is 5.74. The Morgan fingerprint density at radius 1 is 1.24 bits per heavy atom. The average Bonchev–Trinajstić information content (AvgIpc) is 2.29. The van der Waals surface area contributed by atoms with Crippen molar-refractivity contribution in [3.8, 4) is 11.5 Å². The molecule has 0 aliphatic heterocycles. The molecule has 1 aromatic heterocycles. The molecule has 17 heavy (non-hydrogen) atoms. The minimum absolute atomic E-state index is 0.351. The van der Waals surface area contributed by atoms with Crippen LogP contribution in [0.4, 0.5) is 4.39 Å². The van der Waals surface area contributed by atoms with E-state index in [0.29, 0.717) is 21.7 Å². The second kappa shape index (κ2) is 4.71. The predicted octanol–water partition coefficient (Wildman–Crippen LogP) is 3.08. The normalized spacial score (nSPS) is 10.3. The zero-order chi connectivity index (χ0) is 12.4. The number of aromatic nitrogens is 1. The predicted molar refractivity (Wildman–Crippen MR) is 63.8 cm³/mol. The van der Waals surface area contributed by atoms with E-state index in [9.17, 15) is 9.60 Å². The first kappa shape index (κ1) is 11.9. The van der Waals surface area contributed by atoms with Crippen LogP contribution in [0.25, 0.3) is 0 Å². The molecule has 2 aromatic rings. The van der Waals surface area contributed by atoms with Crippen molar-refractivity contribution in [3.05, 3.63) is 52.5 Å². The fourth-order valence-electron chi connectivity index (χ4n) is 1.37. The van der Waals surface area contributed by atoms with Gasteiger partial charge >= 0.3 is 0 Å². The van der Waals surface area contributed by atoms with E-state index < -0.39 is 0 Å². The van der Waals surface area contributed by atoms with Crippen LogP contribution in [0.2, 0.25) is 0 Å². The van der Waals surface area contributed by atoms with E-state index in [1.807, 2.05) is 0 Å². The molecule has 0 saturated carbocycles. The van der Waals surface area contributed by atoms with Crippen molar-refractivity contribution in [1.29, 1.82) is 0 Å². The monoisotopic (exact) mass is 299 g/mol. The number of rotatable bonds is 2. The Hall–Kier alpha value is -1.62. The van der Waals surface area contributed by atoms with Gasteiger partial charge in [0.2, 0.25) is 11.9 Å². The topological polar surface area (TPSA) is 36.9 Å². The van der Waals surface area contributed by atoms with E-state index in [1.165, 1.54) is 12.3 Å². The van der Waals surface area contributed by atoms with E-state index in [0.717, 1.165) is 4.73 Å². The summed E-state index contributed by atoms with van der Waals surface area (Å²) in [6, 6.07) is 8.02. The van der Waals surface area contributed by atoms with Crippen molar-refractivity contribution in [2.45, 2.75) is 6.92 Å². The van der Waals surface area contributed by atoms with Crippen LogP contribution in [0.15, 0.2) is 41.0 Å². The van der Waals surface area contributed by atoms with E-state index in [-0.39, 0.29) is 5.82 Å². The molecule has 3 nitrogen and oxygen atoms in total. The number of hydrogen-bond acceptors (Lipinski definition) is 1. The summed E-state index contributed by atoms with van der Waals surface area (Å²) >= 11 is 3.08. The van der Waals surface area contributed by atoms with Crippen LogP contribution in [0.3, 0.4) is 0 Å². The highest BCUT2D eigenvalue weighted by molar-refractivity contribution is 9.10. The van der Waals surface area contributed by atoms with Crippen LogP contribution >= 0.6 is 15.9 Å². The largest absolute Gasteiger partial charge is 0.546 e. The summed E-state index contributed by atoms with van der Waals surface area (Å²) in [7, 11) is 0. The van der Waals surface area contributed by atoms with Crippen LogP contribution < -0.4 is 4.73 Å². The molecule has 1 heterocycles. The van der Waals surface area contributed by atoms with E-state index in [4.69, 9.17) is 0 Å². The number of ether oxygens (including phenoxy) is 1. The Kier molecular flexibility index (Phi) is 3.28. The number of halogens is 2. The number of nitrogens with zero attached hydrogens (tertiary/aromatic N) is 1. The van der Waals surface area contributed by atoms with Crippen LogP contribution in [-0.2, 0) is 0 Å². The third kappa shape index (κ3) is 2.74. The quantitative estimate of drug-likeness (QED) is 0.516. The standard InChI is InChI=1S/C12H10BrFNO2/c1-8-6-10(4-5-15(8)16)17-9-2-3-11(13)12(14)7-9/h2-7,16H,1H3/q+1/p+1. The van der Waals surface area contributed by atoms with Gasteiger partial charge in [-0.15, -0.1) is 0 Å². The Morgan fingerprint density at radius 3 is 2.59 bits per heavy atom. The highest BCUT2D eigenvalue weighted by Crippen LogP contribution is 2.26. The maximum atomic E-state index is 13.3. The highest BCUT2D eigenvalue weighted by Gasteiger charge is 2.12. The summed E-state index contributed by atoms with van der Waals surface area (Å²) in [5, 5.41) is 9.30. The molecule has 0 bridgehead atoms. The molecule has 5 heteroatoms. The molecular weight excluding hydrogens is 289 g/mol. The van der Waals surface area contributed by atoms with Crippen LogP contribution in [0.1, 0.15) is 5.69 Å². The fourth-order valence-corrected chi connectivity index (χ4v) is 1.61. The van der Waals surface area contributed by atoms with Gasteiger partial charge in [-0.05, 0) is 22.0 Å². The fraction of sp³-hybridized carbons (Fsp3) is 0.0833. The van der Waals surface area contributed by atoms with Crippen LogP contribution in [0.5, 0.6) is 11.5 Å². The SMILES string of the molecule is Cc1cc([OH+]c2ccc(Br)c(F)c2)cc[n+]1O. The molecule has 0 saturated heterocycles. The molecule has 0 fully saturated rings. The number of pyridine rings is 1. The van der Waals surface area contributed by atoms with Gasteiger partial charge in [-0.1, -0.05) is 0 Å². The minimum Gasteiger partial charge on any atom is -0.546 e. The molecule has 1 aromatic carbocycles.